The molecule has 1 N–H and O–H groups in total. The molecule has 0 aliphatic rings. The molecule has 2 heterocycles. The molecule has 3 rings (SSSR count). The van der Waals surface area contributed by atoms with Crippen molar-refractivity contribution in [2.75, 3.05) is 0 Å². The van der Waals surface area contributed by atoms with E-state index in [9.17, 15) is 5.11 Å². The molecule has 17 heavy (non-hydrogen) atoms. The van der Waals surface area contributed by atoms with Gasteiger partial charge in [0.1, 0.15) is 0 Å². The van der Waals surface area contributed by atoms with Crippen molar-refractivity contribution in [2.45, 2.75) is 13.2 Å². The SMILES string of the molecule is OCc1cccc2c1ccn2Cc1cscn1. The van der Waals surface area contributed by atoms with Crippen molar-refractivity contribution in [3.63, 3.8) is 0 Å². The number of fused-ring (bicyclic) bond motifs is 1. The molecule has 0 aliphatic carbocycles. The Morgan fingerprint density at radius 3 is 3.00 bits per heavy atom. The number of aromatic nitrogens is 2. The number of aliphatic hydroxyl groups is 1. The molecule has 0 saturated carbocycles. The van der Waals surface area contributed by atoms with Crippen LogP contribution in [0.3, 0.4) is 0 Å². The van der Waals surface area contributed by atoms with Crippen LogP contribution in [0.1, 0.15) is 11.3 Å². The lowest BCUT2D eigenvalue weighted by Gasteiger charge is -2.04. The molecule has 0 aliphatic heterocycles. The van der Waals surface area contributed by atoms with Crippen molar-refractivity contribution in [1.82, 2.24) is 9.55 Å². The summed E-state index contributed by atoms with van der Waals surface area (Å²) in [7, 11) is 0. The maximum Gasteiger partial charge on any atom is 0.0795 e. The maximum atomic E-state index is 9.28. The first kappa shape index (κ1) is 10.5. The van der Waals surface area contributed by atoms with Crippen molar-refractivity contribution >= 4 is 22.2 Å². The van der Waals surface area contributed by atoms with Gasteiger partial charge in [0.2, 0.25) is 0 Å². The molecule has 4 heteroatoms. The van der Waals surface area contributed by atoms with E-state index in [1.807, 2.05) is 29.9 Å². The molecular weight excluding hydrogens is 232 g/mol. The van der Waals surface area contributed by atoms with E-state index in [-0.39, 0.29) is 6.61 Å². The van der Waals surface area contributed by atoms with Gasteiger partial charge in [-0.1, -0.05) is 12.1 Å². The largest absolute Gasteiger partial charge is 0.392 e. The van der Waals surface area contributed by atoms with Crippen molar-refractivity contribution in [3.05, 3.63) is 52.6 Å². The zero-order chi connectivity index (χ0) is 11.7. The van der Waals surface area contributed by atoms with Crippen LogP contribution in [-0.4, -0.2) is 14.7 Å². The second kappa shape index (κ2) is 4.31. The summed E-state index contributed by atoms with van der Waals surface area (Å²) in [5, 5.41) is 12.5. The predicted molar refractivity (Wildman–Crippen MR) is 69.1 cm³/mol. The highest BCUT2D eigenvalue weighted by molar-refractivity contribution is 7.07. The number of rotatable bonds is 3. The smallest absolute Gasteiger partial charge is 0.0795 e. The number of hydrogen-bond donors (Lipinski definition) is 1. The van der Waals surface area contributed by atoms with Crippen LogP contribution >= 0.6 is 11.3 Å². The fraction of sp³-hybridized carbons (Fsp3) is 0.154. The Bertz CT molecular complexity index is 628. The Morgan fingerprint density at radius 2 is 2.24 bits per heavy atom. The van der Waals surface area contributed by atoms with Gasteiger partial charge in [-0.05, 0) is 17.7 Å². The molecular formula is C13H12N2OS. The highest BCUT2D eigenvalue weighted by atomic mass is 32.1. The monoisotopic (exact) mass is 244 g/mol. The Morgan fingerprint density at radius 1 is 1.29 bits per heavy atom. The van der Waals surface area contributed by atoms with Crippen LogP contribution in [0.4, 0.5) is 0 Å². The molecule has 0 saturated heterocycles. The minimum absolute atomic E-state index is 0.0814. The summed E-state index contributed by atoms with van der Waals surface area (Å²) in [6.45, 7) is 0.861. The number of nitrogens with zero attached hydrogens (tertiary/aromatic N) is 2. The summed E-state index contributed by atoms with van der Waals surface area (Å²) < 4.78 is 2.16. The quantitative estimate of drug-likeness (QED) is 0.769. The number of thiazole rings is 1. The second-order valence-electron chi connectivity index (χ2n) is 3.93. The molecule has 0 fully saturated rings. The molecule has 0 unspecified atom stereocenters. The minimum atomic E-state index is 0.0814. The van der Waals surface area contributed by atoms with Crippen LogP contribution in [-0.2, 0) is 13.2 Å². The summed E-state index contributed by atoms with van der Waals surface area (Å²) in [5.74, 6) is 0. The van der Waals surface area contributed by atoms with Gasteiger partial charge in [0.15, 0.2) is 0 Å². The van der Waals surface area contributed by atoms with E-state index in [0.717, 1.165) is 28.7 Å². The Balaban J connectivity index is 2.06. The van der Waals surface area contributed by atoms with Crippen molar-refractivity contribution in [1.29, 1.82) is 0 Å². The van der Waals surface area contributed by atoms with Crippen LogP contribution in [0.5, 0.6) is 0 Å². The van der Waals surface area contributed by atoms with Crippen molar-refractivity contribution < 1.29 is 5.11 Å². The van der Waals surface area contributed by atoms with Crippen molar-refractivity contribution in [3.8, 4) is 0 Å². The molecule has 3 nitrogen and oxygen atoms in total. The van der Waals surface area contributed by atoms with E-state index in [4.69, 9.17) is 0 Å². The van der Waals surface area contributed by atoms with Gasteiger partial charge in [0.05, 0.1) is 24.4 Å². The lowest BCUT2D eigenvalue weighted by Crippen LogP contribution is -1.98. The summed E-state index contributed by atoms with van der Waals surface area (Å²) in [6, 6.07) is 8.05. The third kappa shape index (κ3) is 1.85. The topological polar surface area (TPSA) is 38.0 Å². The van der Waals surface area contributed by atoms with Gasteiger partial charge in [0.25, 0.3) is 0 Å². The second-order valence-corrected chi connectivity index (χ2v) is 4.65. The fourth-order valence-corrected chi connectivity index (χ4v) is 2.60. The highest BCUT2D eigenvalue weighted by Crippen LogP contribution is 2.21. The van der Waals surface area contributed by atoms with E-state index in [2.05, 4.69) is 21.0 Å². The first-order valence-electron chi connectivity index (χ1n) is 5.43. The number of benzene rings is 1. The first-order chi connectivity index (χ1) is 8.38. The van der Waals surface area contributed by atoms with E-state index in [1.54, 1.807) is 11.3 Å². The Labute approximate surface area is 103 Å². The fourth-order valence-electron chi connectivity index (χ4n) is 2.05. The Kier molecular flexibility index (Phi) is 2.66. The highest BCUT2D eigenvalue weighted by Gasteiger charge is 2.05. The summed E-state index contributed by atoms with van der Waals surface area (Å²) >= 11 is 1.61. The van der Waals surface area contributed by atoms with E-state index in [1.165, 1.54) is 0 Å². The van der Waals surface area contributed by atoms with E-state index < -0.39 is 0 Å². The van der Waals surface area contributed by atoms with Crippen LogP contribution in [0.2, 0.25) is 0 Å². The molecule has 0 atom stereocenters. The average Bonchev–Trinajstić information content (AvgIpc) is 2.99. The van der Waals surface area contributed by atoms with Gasteiger partial charge in [-0.3, -0.25) is 0 Å². The third-order valence-corrected chi connectivity index (χ3v) is 3.53. The zero-order valence-electron chi connectivity index (χ0n) is 9.21. The van der Waals surface area contributed by atoms with E-state index in [0.29, 0.717) is 0 Å². The Hall–Kier alpha value is -1.65. The zero-order valence-corrected chi connectivity index (χ0v) is 10.0. The van der Waals surface area contributed by atoms with Gasteiger partial charge in [-0.15, -0.1) is 11.3 Å². The van der Waals surface area contributed by atoms with Gasteiger partial charge >= 0.3 is 0 Å². The first-order valence-corrected chi connectivity index (χ1v) is 6.37. The van der Waals surface area contributed by atoms with Crippen molar-refractivity contribution in [2.24, 2.45) is 0 Å². The maximum absolute atomic E-state index is 9.28. The summed E-state index contributed by atoms with van der Waals surface area (Å²) in [5.41, 5.74) is 5.03. The molecule has 0 bridgehead atoms. The molecule has 0 amide bonds. The normalized spacial score (nSPS) is 11.1. The molecule has 86 valence electrons. The number of aliphatic hydroxyl groups excluding tert-OH is 1. The molecule has 2 aromatic heterocycles. The van der Waals surface area contributed by atoms with Gasteiger partial charge in [-0.25, -0.2) is 4.98 Å². The standard InChI is InChI=1S/C13H12N2OS/c16-7-10-2-1-3-13-12(10)4-5-15(13)6-11-8-17-9-14-11/h1-5,8-9,16H,6-7H2. The minimum Gasteiger partial charge on any atom is -0.392 e. The molecule has 1 aromatic carbocycles. The van der Waals surface area contributed by atoms with E-state index >= 15 is 0 Å². The van der Waals surface area contributed by atoms with Crippen LogP contribution in [0.15, 0.2) is 41.4 Å². The molecule has 0 radical (unpaired) electrons. The van der Waals surface area contributed by atoms with Crippen LogP contribution < -0.4 is 0 Å². The van der Waals surface area contributed by atoms with Gasteiger partial charge < -0.3 is 9.67 Å². The molecule has 3 aromatic rings. The lowest BCUT2D eigenvalue weighted by molar-refractivity contribution is 0.283. The van der Waals surface area contributed by atoms with Gasteiger partial charge in [-0.2, -0.15) is 0 Å². The van der Waals surface area contributed by atoms with Gasteiger partial charge in [0, 0.05) is 22.5 Å². The average molecular weight is 244 g/mol. The third-order valence-electron chi connectivity index (χ3n) is 2.89. The summed E-state index contributed by atoms with van der Waals surface area (Å²) in [6.07, 6.45) is 2.04. The number of hydrogen-bond acceptors (Lipinski definition) is 3. The summed E-state index contributed by atoms with van der Waals surface area (Å²) in [4.78, 5) is 4.29. The molecule has 0 spiro atoms. The van der Waals surface area contributed by atoms with Crippen LogP contribution in [0.25, 0.3) is 10.9 Å². The van der Waals surface area contributed by atoms with Crippen LogP contribution in [0, 0.1) is 0 Å². The predicted octanol–water partition coefficient (Wildman–Crippen LogP) is 2.64. The lowest BCUT2D eigenvalue weighted by atomic mass is 10.1.